The molecule has 37 heavy (non-hydrogen) atoms. The molecule has 4 heterocycles. The molecule has 0 saturated carbocycles. The normalized spacial score (nSPS) is 22.2. The third-order valence-corrected chi connectivity index (χ3v) is 9.30. The summed E-state index contributed by atoms with van der Waals surface area (Å²) in [4.78, 5) is 30.2. The largest absolute Gasteiger partial charge is 0.380 e. The van der Waals surface area contributed by atoms with Crippen LogP contribution in [0.25, 0.3) is 10.9 Å². The van der Waals surface area contributed by atoms with E-state index in [0.717, 1.165) is 43.3 Å². The number of aryl methyl sites for hydroxylation is 1. The summed E-state index contributed by atoms with van der Waals surface area (Å²) in [6.45, 7) is 8.68. The molecule has 1 unspecified atom stereocenters. The van der Waals surface area contributed by atoms with Crippen molar-refractivity contribution in [3.05, 3.63) is 45.7 Å². The molecule has 2 aliphatic heterocycles. The highest BCUT2D eigenvalue weighted by atomic mass is 35.5. The van der Waals surface area contributed by atoms with Crippen molar-refractivity contribution in [2.24, 2.45) is 11.1 Å². The first-order chi connectivity index (χ1) is 17.7. The van der Waals surface area contributed by atoms with Crippen LogP contribution in [0.15, 0.2) is 39.2 Å². The van der Waals surface area contributed by atoms with Crippen LogP contribution in [0.5, 0.6) is 0 Å². The molecular weight excluding hydrogens is 512 g/mol. The molecule has 0 amide bonds. The highest BCUT2D eigenvalue weighted by Gasteiger charge is 2.47. The second-order valence-corrected chi connectivity index (χ2v) is 11.5. The number of rotatable bonds is 6. The van der Waals surface area contributed by atoms with Crippen LogP contribution in [-0.4, -0.2) is 64.6 Å². The maximum atomic E-state index is 13.3. The lowest BCUT2D eigenvalue weighted by Gasteiger charge is -2.41. The van der Waals surface area contributed by atoms with E-state index in [0.29, 0.717) is 33.3 Å². The Bertz CT molecular complexity index is 1340. The van der Waals surface area contributed by atoms with E-state index in [1.54, 1.807) is 24.1 Å². The van der Waals surface area contributed by atoms with Crippen molar-refractivity contribution in [1.82, 2.24) is 19.5 Å². The third kappa shape index (κ3) is 4.97. The zero-order valence-electron chi connectivity index (χ0n) is 21.6. The second kappa shape index (κ2) is 10.5. The Morgan fingerprint density at radius 3 is 2.68 bits per heavy atom. The van der Waals surface area contributed by atoms with Crippen LogP contribution < -0.4 is 16.2 Å². The standard InChI is InChI=1S/C26H33ClN6O3S/c1-15(35-4)13-33-17(3)31-18-5-6-19(23(27)22(18)25(33)34)37-21-12-29-20(11-30-21)32-9-7-26(8-10-32)14-36-16(2)24(26)28/h5-6,11-12,15-16,24H,7-10,13-14,28H2,1-4H3/t15?,16-,24+/m0/s1. The van der Waals surface area contributed by atoms with E-state index in [2.05, 4.69) is 26.8 Å². The maximum absolute atomic E-state index is 13.3. The zero-order chi connectivity index (χ0) is 26.3. The first-order valence-electron chi connectivity index (χ1n) is 12.6. The minimum absolute atomic E-state index is 0.0690. The number of nitrogens with zero attached hydrogens (tertiary/aromatic N) is 5. The number of fused-ring (bicyclic) bond motifs is 1. The van der Waals surface area contributed by atoms with Gasteiger partial charge in [0.05, 0.1) is 53.7 Å². The summed E-state index contributed by atoms with van der Waals surface area (Å²) < 4.78 is 12.8. The summed E-state index contributed by atoms with van der Waals surface area (Å²) >= 11 is 8.12. The molecule has 2 fully saturated rings. The van der Waals surface area contributed by atoms with Gasteiger partial charge in [0.15, 0.2) is 0 Å². The Labute approximate surface area is 225 Å². The number of hydrogen-bond acceptors (Lipinski definition) is 9. The van der Waals surface area contributed by atoms with Crippen LogP contribution in [0.1, 0.15) is 32.5 Å². The molecule has 198 valence electrons. The highest BCUT2D eigenvalue weighted by molar-refractivity contribution is 7.99. The number of ether oxygens (including phenoxy) is 2. The molecule has 3 atom stereocenters. The topological polar surface area (TPSA) is 108 Å². The van der Waals surface area contributed by atoms with Crippen molar-refractivity contribution in [1.29, 1.82) is 0 Å². The summed E-state index contributed by atoms with van der Waals surface area (Å²) in [5.41, 5.74) is 6.92. The average molecular weight is 545 g/mol. The molecule has 3 aromatic rings. The fourth-order valence-electron chi connectivity index (χ4n) is 5.28. The zero-order valence-corrected chi connectivity index (χ0v) is 23.2. The van der Waals surface area contributed by atoms with Gasteiger partial charge < -0.3 is 20.1 Å². The Morgan fingerprint density at radius 1 is 1.30 bits per heavy atom. The van der Waals surface area contributed by atoms with Crippen molar-refractivity contribution < 1.29 is 9.47 Å². The highest BCUT2D eigenvalue weighted by Crippen LogP contribution is 2.42. The van der Waals surface area contributed by atoms with Crippen molar-refractivity contribution in [2.75, 3.05) is 31.7 Å². The molecule has 0 bridgehead atoms. The number of piperidine rings is 1. The maximum Gasteiger partial charge on any atom is 0.263 e. The molecule has 2 aromatic heterocycles. The molecular formula is C26H33ClN6O3S. The van der Waals surface area contributed by atoms with Crippen molar-refractivity contribution in [2.45, 2.75) is 68.3 Å². The van der Waals surface area contributed by atoms with Crippen LogP contribution >= 0.6 is 23.4 Å². The number of methoxy groups -OCH3 is 1. The Balaban J connectivity index is 1.32. The van der Waals surface area contributed by atoms with Gasteiger partial charge in [-0.05, 0) is 45.7 Å². The lowest BCUT2D eigenvalue weighted by molar-refractivity contribution is 0.0974. The van der Waals surface area contributed by atoms with Crippen molar-refractivity contribution in [3.63, 3.8) is 0 Å². The Kier molecular flexibility index (Phi) is 7.48. The quantitative estimate of drug-likeness (QED) is 0.497. The molecule has 5 rings (SSSR count). The van der Waals surface area contributed by atoms with E-state index in [9.17, 15) is 4.79 Å². The van der Waals surface area contributed by atoms with E-state index >= 15 is 0 Å². The van der Waals surface area contributed by atoms with Gasteiger partial charge in [0.25, 0.3) is 5.56 Å². The van der Waals surface area contributed by atoms with Gasteiger partial charge in [-0.25, -0.2) is 15.0 Å². The molecule has 11 heteroatoms. The van der Waals surface area contributed by atoms with Crippen LogP contribution in [0.2, 0.25) is 5.02 Å². The summed E-state index contributed by atoms with van der Waals surface area (Å²) in [7, 11) is 1.62. The average Bonchev–Trinajstić information content (AvgIpc) is 3.17. The summed E-state index contributed by atoms with van der Waals surface area (Å²) in [6, 6.07) is 3.78. The van der Waals surface area contributed by atoms with E-state index in [1.165, 1.54) is 11.8 Å². The lowest BCUT2D eigenvalue weighted by atomic mass is 9.73. The molecule has 1 aromatic carbocycles. The number of halogens is 1. The minimum atomic E-state index is -0.176. The van der Waals surface area contributed by atoms with Crippen LogP contribution in [0.3, 0.4) is 0 Å². The number of hydrogen-bond donors (Lipinski definition) is 1. The molecule has 1 spiro atoms. The first-order valence-corrected chi connectivity index (χ1v) is 13.8. The van der Waals surface area contributed by atoms with Gasteiger partial charge in [-0.1, -0.05) is 23.4 Å². The predicted molar refractivity (Wildman–Crippen MR) is 146 cm³/mol. The van der Waals surface area contributed by atoms with Gasteiger partial charge in [-0.2, -0.15) is 0 Å². The minimum Gasteiger partial charge on any atom is -0.380 e. The van der Waals surface area contributed by atoms with Gasteiger partial charge in [-0.3, -0.25) is 9.36 Å². The third-order valence-electron chi connectivity index (χ3n) is 7.82. The number of benzene rings is 1. The SMILES string of the molecule is COC(C)Cn1c(C)nc2ccc(Sc3cnc(N4CCC5(CC4)CO[C@@H](C)[C@H]5N)cn3)c(Cl)c2c1=O. The van der Waals surface area contributed by atoms with Crippen LogP contribution in [-0.2, 0) is 16.0 Å². The molecule has 0 radical (unpaired) electrons. The van der Waals surface area contributed by atoms with Gasteiger partial charge >= 0.3 is 0 Å². The number of nitrogens with two attached hydrogens (primary N) is 1. The Hall–Kier alpha value is -2.24. The fraction of sp³-hybridized carbons (Fsp3) is 0.538. The second-order valence-electron chi connectivity index (χ2n) is 10.1. The first kappa shape index (κ1) is 26.4. The molecule has 9 nitrogen and oxygen atoms in total. The van der Waals surface area contributed by atoms with E-state index < -0.39 is 0 Å². The fourth-order valence-corrected chi connectivity index (χ4v) is 6.40. The van der Waals surface area contributed by atoms with Crippen LogP contribution in [0.4, 0.5) is 5.82 Å². The van der Waals surface area contributed by atoms with E-state index in [4.69, 9.17) is 26.8 Å². The molecule has 2 aliphatic rings. The van der Waals surface area contributed by atoms with E-state index in [-0.39, 0.29) is 29.2 Å². The van der Waals surface area contributed by atoms with Crippen LogP contribution in [0, 0.1) is 12.3 Å². The summed E-state index contributed by atoms with van der Waals surface area (Å²) in [5, 5.41) is 1.47. The smallest absolute Gasteiger partial charge is 0.263 e. The molecule has 0 aliphatic carbocycles. The van der Waals surface area contributed by atoms with Gasteiger partial charge in [0.1, 0.15) is 16.7 Å². The van der Waals surface area contributed by atoms with Crippen molar-refractivity contribution in [3.8, 4) is 0 Å². The number of anilines is 1. The summed E-state index contributed by atoms with van der Waals surface area (Å²) in [5.74, 6) is 1.47. The Morgan fingerprint density at radius 2 is 2.05 bits per heavy atom. The number of aromatic nitrogens is 4. The van der Waals surface area contributed by atoms with E-state index in [1.807, 2.05) is 26.0 Å². The predicted octanol–water partition coefficient (Wildman–Crippen LogP) is 3.67. The van der Waals surface area contributed by atoms with Gasteiger partial charge in [0.2, 0.25) is 0 Å². The van der Waals surface area contributed by atoms with Gasteiger partial charge in [0, 0.05) is 36.6 Å². The van der Waals surface area contributed by atoms with Crippen molar-refractivity contribution >= 4 is 40.1 Å². The molecule has 2 saturated heterocycles. The lowest BCUT2D eigenvalue weighted by Crippen LogP contribution is -2.50. The molecule has 2 N–H and O–H groups in total. The van der Waals surface area contributed by atoms with Gasteiger partial charge in [-0.15, -0.1) is 0 Å². The summed E-state index contributed by atoms with van der Waals surface area (Å²) in [6.07, 6.45) is 5.50. The monoisotopic (exact) mass is 544 g/mol.